The summed E-state index contributed by atoms with van der Waals surface area (Å²) in [5, 5.41) is 9.37. The summed E-state index contributed by atoms with van der Waals surface area (Å²) >= 11 is 3.41. The molecule has 3 N–H and O–H groups in total. The molecule has 1 atom stereocenters. The standard InChI is InChI=1S/C19H28BrN5O2.HI/c1-4-18(27)25-9-8-15(12-25)23-19(21-5-2)22-11-17(26)24-16-10-14(20)7-6-13(16)3;/h6-7,10,15H,4-5,8-9,11-12H2,1-3H3,(H,24,26)(H2,21,22,23);1H. The first-order valence-corrected chi connectivity index (χ1v) is 10.1. The SMILES string of the molecule is CCNC(=NCC(=O)Nc1cc(Br)ccc1C)NC1CCN(C(=O)CC)C1.I. The normalized spacial score (nSPS) is 16.4. The first-order chi connectivity index (χ1) is 12.9. The lowest BCUT2D eigenvalue weighted by atomic mass is 10.2. The van der Waals surface area contributed by atoms with Crippen molar-refractivity contribution in [2.75, 3.05) is 31.5 Å². The topological polar surface area (TPSA) is 85.8 Å². The van der Waals surface area contributed by atoms with E-state index in [1.165, 1.54) is 0 Å². The van der Waals surface area contributed by atoms with Crippen LogP contribution in [-0.2, 0) is 9.59 Å². The van der Waals surface area contributed by atoms with Gasteiger partial charge in [0.25, 0.3) is 0 Å². The van der Waals surface area contributed by atoms with Gasteiger partial charge in [-0.25, -0.2) is 4.99 Å². The van der Waals surface area contributed by atoms with Crippen molar-refractivity contribution in [1.29, 1.82) is 0 Å². The smallest absolute Gasteiger partial charge is 0.246 e. The van der Waals surface area contributed by atoms with Crippen LogP contribution in [0.15, 0.2) is 27.7 Å². The van der Waals surface area contributed by atoms with Crippen molar-refractivity contribution in [2.45, 2.75) is 39.7 Å². The van der Waals surface area contributed by atoms with Gasteiger partial charge < -0.3 is 20.9 Å². The molecule has 2 amide bonds. The van der Waals surface area contributed by atoms with Gasteiger partial charge in [-0.05, 0) is 38.0 Å². The Hall–Kier alpha value is -1.36. The van der Waals surface area contributed by atoms with E-state index < -0.39 is 0 Å². The molecule has 1 fully saturated rings. The van der Waals surface area contributed by atoms with Gasteiger partial charge in [-0.1, -0.05) is 28.9 Å². The number of guanidine groups is 1. The van der Waals surface area contributed by atoms with Crippen LogP contribution in [0.3, 0.4) is 0 Å². The van der Waals surface area contributed by atoms with E-state index in [1.807, 2.05) is 43.9 Å². The van der Waals surface area contributed by atoms with Gasteiger partial charge in [0.05, 0.1) is 0 Å². The molecule has 0 aromatic heterocycles. The minimum atomic E-state index is -0.178. The van der Waals surface area contributed by atoms with E-state index in [0.717, 1.165) is 28.7 Å². The van der Waals surface area contributed by atoms with Crippen LogP contribution in [0, 0.1) is 6.92 Å². The molecule has 1 aliphatic rings. The summed E-state index contributed by atoms with van der Waals surface area (Å²) in [5.41, 5.74) is 1.76. The summed E-state index contributed by atoms with van der Waals surface area (Å²) in [6.45, 7) is 7.94. The van der Waals surface area contributed by atoms with Gasteiger partial charge in [0, 0.05) is 42.3 Å². The zero-order valence-electron chi connectivity index (χ0n) is 16.5. The third-order valence-corrected chi connectivity index (χ3v) is 4.88. The van der Waals surface area contributed by atoms with Gasteiger partial charge in [-0.3, -0.25) is 9.59 Å². The maximum absolute atomic E-state index is 12.3. The zero-order valence-corrected chi connectivity index (χ0v) is 20.5. The van der Waals surface area contributed by atoms with Gasteiger partial charge in [-0.2, -0.15) is 0 Å². The summed E-state index contributed by atoms with van der Waals surface area (Å²) in [4.78, 5) is 30.3. The van der Waals surface area contributed by atoms with E-state index in [4.69, 9.17) is 0 Å². The lowest BCUT2D eigenvalue weighted by molar-refractivity contribution is -0.129. The molecule has 1 saturated heterocycles. The molecule has 7 nitrogen and oxygen atoms in total. The Labute approximate surface area is 192 Å². The molecule has 1 aliphatic heterocycles. The Kier molecular flexibility index (Phi) is 10.8. The number of carbonyl (C=O) groups is 2. The molecule has 0 spiro atoms. The average Bonchev–Trinajstić information content (AvgIpc) is 3.11. The van der Waals surface area contributed by atoms with E-state index in [9.17, 15) is 9.59 Å². The van der Waals surface area contributed by atoms with Crippen molar-refractivity contribution in [1.82, 2.24) is 15.5 Å². The predicted molar refractivity (Wildman–Crippen MR) is 127 cm³/mol. The fraction of sp³-hybridized carbons (Fsp3) is 0.526. The second kappa shape index (κ2) is 12.3. The molecule has 1 unspecified atom stereocenters. The summed E-state index contributed by atoms with van der Waals surface area (Å²) in [7, 11) is 0. The van der Waals surface area contributed by atoms with Crippen LogP contribution in [-0.4, -0.2) is 54.9 Å². The number of anilines is 1. The second-order valence-electron chi connectivity index (χ2n) is 6.53. The highest BCUT2D eigenvalue weighted by atomic mass is 127. The molecule has 156 valence electrons. The molecular weight excluding hydrogens is 537 g/mol. The fourth-order valence-corrected chi connectivity index (χ4v) is 3.27. The van der Waals surface area contributed by atoms with Crippen molar-refractivity contribution in [3.05, 3.63) is 28.2 Å². The highest BCUT2D eigenvalue weighted by molar-refractivity contribution is 14.0. The number of carbonyl (C=O) groups excluding carboxylic acids is 2. The fourth-order valence-electron chi connectivity index (χ4n) is 2.91. The maximum Gasteiger partial charge on any atom is 0.246 e. The van der Waals surface area contributed by atoms with Crippen LogP contribution in [0.2, 0.25) is 0 Å². The summed E-state index contributed by atoms with van der Waals surface area (Å²) in [6.07, 6.45) is 1.40. The maximum atomic E-state index is 12.3. The number of amides is 2. The van der Waals surface area contributed by atoms with E-state index in [0.29, 0.717) is 25.5 Å². The number of hydrogen-bond donors (Lipinski definition) is 3. The second-order valence-corrected chi connectivity index (χ2v) is 7.44. The third kappa shape index (κ3) is 7.57. The van der Waals surface area contributed by atoms with Crippen molar-refractivity contribution in [3.63, 3.8) is 0 Å². The molecule has 0 bridgehead atoms. The molecule has 0 saturated carbocycles. The first kappa shape index (κ1) is 24.7. The Morgan fingerprint density at radius 3 is 2.75 bits per heavy atom. The molecule has 1 aromatic carbocycles. The van der Waals surface area contributed by atoms with E-state index in [2.05, 4.69) is 36.9 Å². The van der Waals surface area contributed by atoms with Gasteiger partial charge in [-0.15, -0.1) is 24.0 Å². The monoisotopic (exact) mass is 565 g/mol. The summed E-state index contributed by atoms with van der Waals surface area (Å²) < 4.78 is 0.911. The zero-order chi connectivity index (χ0) is 19.8. The molecule has 0 aliphatic carbocycles. The Bertz CT molecular complexity index is 714. The van der Waals surface area contributed by atoms with Gasteiger partial charge in [0.15, 0.2) is 5.96 Å². The lowest BCUT2D eigenvalue weighted by Crippen LogP contribution is -2.45. The number of likely N-dealkylation sites (tertiary alicyclic amines) is 1. The first-order valence-electron chi connectivity index (χ1n) is 9.31. The van der Waals surface area contributed by atoms with Crippen LogP contribution in [0.5, 0.6) is 0 Å². The van der Waals surface area contributed by atoms with Gasteiger partial charge in [0.1, 0.15) is 6.54 Å². The van der Waals surface area contributed by atoms with E-state index in [1.54, 1.807) is 0 Å². The van der Waals surface area contributed by atoms with Crippen LogP contribution >= 0.6 is 39.9 Å². The highest BCUT2D eigenvalue weighted by Crippen LogP contribution is 2.20. The third-order valence-electron chi connectivity index (χ3n) is 4.38. The molecule has 0 radical (unpaired) electrons. The molecule has 1 heterocycles. The van der Waals surface area contributed by atoms with E-state index >= 15 is 0 Å². The summed E-state index contributed by atoms with van der Waals surface area (Å²) in [6, 6.07) is 5.90. The van der Waals surface area contributed by atoms with Crippen LogP contribution in [0.25, 0.3) is 0 Å². The van der Waals surface area contributed by atoms with Gasteiger partial charge in [0.2, 0.25) is 11.8 Å². The number of nitrogens with zero attached hydrogens (tertiary/aromatic N) is 2. The molecule has 9 heteroatoms. The molecule has 1 aromatic rings. The summed E-state index contributed by atoms with van der Waals surface area (Å²) in [5.74, 6) is 0.585. The van der Waals surface area contributed by atoms with Gasteiger partial charge >= 0.3 is 0 Å². The van der Waals surface area contributed by atoms with Crippen molar-refractivity contribution in [2.24, 2.45) is 4.99 Å². The quantitative estimate of drug-likeness (QED) is 0.281. The number of nitrogens with one attached hydrogen (secondary N) is 3. The lowest BCUT2D eigenvalue weighted by Gasteiger charge is -2.18. The minimum Gasteiger partial charge on any atom is -0.357 e. The Morgan fingerprint density at radius 1 is 1.32 bits per heavy atom. The number of hydrogen-bond acceptors (Lipinski definition) is 3. The van der Waals surface area contributed by atoms with Crippen LogP contribution < -0.4 is 16.0 Å². The number of rotatable bonds is 6. The Balaban J connectivity index is 0.00000392. The number of aliphatic imine (C=N–C) groups is 1. The van der Waals surface area contributed by atoms with Crippen LogP contribution in [0.4, 0.5) is 5.69 Å². The highest BCUT2D eigenvalue weighted by Gasteiger charge is 2.25. The number of aryl methyl sites for hydroxylation is 1. The molecular formula is C19H29BrIN5O2. The average molecular weight is 566 g/mol. The number of halogens is 2. The number of benzene rings is 1. The van der Waals surface area contributed by atoms with Crippen molar-refractivity contribution in [3.8, 4) is 0 Å². The van der Waals surface area contributed by atoms with Crippen molar-refractivity contribution >= 4 is 63.4 Å². The largest absolute Gasteiger partial charge is 0.357 e. The molecule has 2 rings (SSSR count). The van der Waals surface area contributed by atoms with Crippen molar-refractivity contribution < 1.29 is 9.59 Å². The molecule has 28 heavy (non-hydrogen) atoms. The minimum absolute atomic E-state index is 0. The van der Waals surface area contributed by atoms with Crippen LogP contribution in [0.1, 0.15) is 32.3 Å². The Morgan fingerprint density at radius 2 is 2.07 bits per heavy atom. The predicted octanol–water partition coefficient (Wildman–Crippen LogP) is 2.88. The van der Waals surface area contributed by atoms with E-state index in [-0.39, 0.29) is 48.4 Å².